The van der Waals surface area contributed by atoms with Crippen molar-refractivity contribution in [2.24, 2.45) is 0 Å². The lowest BCUT2D eigenvalue weighted by Gasteiger charge is -2.24. The van der Waals surface area contributed by atoms with Crippen LogP contribution in [0.2, 0.25) is 0 Å². The Morgan fingerprint density at radius 3 is 2.80 bits per heavy atom. The van der Waals surface area contributed by atoms with Gasteiger partial charge in [-0.25, -0.2) is 0 Å². The molecule has 1 aromatic heterocycles. The van der Waals surface area contributed by atoms with Crippen LogP contribution < -0.4 is 0 Å². The molecule has 0 aromatic carbocycles. The van der Waals surface area contributed by atoms with Gasteiger partial charge in [-0.1, -0.05) is 11.6 Å². The van der Waals surface area contributed by atoms with Gasteiger partial charge in [0.25, 0.3) is 0 Å². The summed E-state index contributed by atoms with van der Waals surface area (Å²) in [5.74, 6) is 1.19. The van der Waals surface area contributed by atoms with Crippen LogP contribution >= 0.6 is 0 Å². The number of aromatic nitrogens is 2. The summed E-state index contributed by atoms with van der Waals surface area (Å²) in [6, 6.07) is 0. The number of carbonyl (C=O) groups is 1. The molecule has 0 amide bonds. The molecule has 0 radical (unpaired) electrons. The van der Waals surface area contributed by atoms with Crippen molar-refractivity contribution in [3.63, 3.8) is 0 Å². The highest BCUT2D eigenvalue weighted by atomic mass is 16.5. The summed E-state index contributed by atoms with van der Waals surface area (Å²) in [7, 11) is 0. The van der Waals surface area contributed by atoms with E-state index in [1.54, 1.807) is 0 Å². The Balaban J connectivity index is 1.83. The van der Waals surface area contributed by atoms with Gasteiger partial charge in [0.1, 0.15) is 11.4 Å². The molecular formula is C15H22N2O3. The Bertz CT molecular complexity index is 477. The van der Waals surface area contributed by atoms with Gasteiger partial charge in [-0.3, -0.25) is 4.79 Å². The lowest BCUT2D eigenvalue weighted by atomic mass is 9.88. The van der Waals surface area contributed by atoms with E-state index in [1.165, 1.54) is 0 Å². The van der Waals surface area contributed by atoms with Gasteiger partial charge in [0.2, 0.25) is 11.7 Å². The monoisotopic (exact) mass is 278 g/mol. The first-order valence-corrected chi connectivity index (χ1v) is 7.76. The Labute approximate surface area is 119 Å². The molecule has 0 N–H and O–H groups in total. The van der Waals surface area contributed by atoms with Crippen molar-refractivity contribution in [1.29, 1.82) is 0 Å². The summed E-state index contributed by atoms with van der Waals surface area (Å²) in [4.78, 5) is 16.5. The molecule has 3 rings (SSSR count). The predicted molar refractivity (Wildman–Crippen MR) is 72.3 cm³/mol. The second-order valence-electron chi connectivity index (χ2n) is 5.86. The van der Waals surface area contributed by atoms with E-state index in [0.717, 1.165) is 44.9 Å². The molecule has 5 nitrogen and oxygen atoms in total. The first-order valence-electron chi connectivity index (χ1n) is 7.76. The lowest BCUT2D eigenvalue weighted by Crippen LogP contribution is -2.28. The number of Topliss-reactive ketones (excluding diaryl/α,β-unsaturated/α-hetero) is 1. The van der Waals surface area contributed by atoms with Gasteiger partial charge in [0.05, 0.1) is 5.92 Å². The largest absolute Gasteiger partial charge is 0.367 e. The fourth-order valence-corrected chi connectivity index (χ4v) is 3.46. The van der Waals surface area contributed by atoms with Gasteiger partial charge in [-0.15, -0.1) is 0 Å². The van der Waals surface area contributed by atoms with Crippen LogP contribution in [-0.4, -0.2) is 22.5 Å². The standard InChI is InChI=1S/C15H22N2O3/c1-2-19-15(9-5-6-10-15)14-16-13(20-17-14)11-7-3-4-8-12(11)18/h11H,2-10H2,1H3. The number of hydrogen-bond donors (Lipinski definition) is 0. The Kier molecular flexibility index (Phi) is 3.87. The van der Waals surface area contributed by atoms with E-state index in [2.05, 4.69) is 10.1 Å². The molecule has 2 saturated carbocycles. The van der Waals surface area contributed by atoms with Crippen molar-refractivity contribution in [3.05, 3.63) is 11.7 Å². The van der Waals surface area contributed by atoms with E-state index in [0.29, 0.717) is 24.7 Å². The van der Waals surface area contributed by atoms with Crippen molar-refractivity contribution >= 4 is 5.78 Å². The van der Waals surface area contributed by atoms with Gasteiger partial charge >= 0.3 is 0 Å². The van der Waals surface area contributed by atoms with Crippen LogP contribution in [0, 0.1) is 0 Å². The molecule has 5 heteroatoms. The summed E-state index contributed by atoms with van der Waals surface area (Å²) < 4.78 is 11.3. The Morgan fingerprint density at radius 2 is 2.10 bits per heavy atom. The zero-order valence-electron chi connectivity index (χ0n) is 12.1. The van der Waals surface area contributed by atoms with Gasteiger partial charge < -0.3 is 9.26 Å². The molecule has 1 aromatic rings. The fourth-order valence-electron chi connectivity index (χ4n) is 3.46. The maximum Gasteiger partial charge on any atom is 0.237 e. The van der Waals surface area contributed by atoms with Crippen LogP contribution in [0.25, 0.3) is 0 Å². The molecule has 0 saturated heterocycles. The topological polar surface area (TPSA) is 65.2 Å². The van der Waals surface area contributed by atoms with Crippen molar-refractivity contribution in [2.75, 3.05) is 6.61 Å². The average molecular weight is 278 g/mol. The molecule has 1 unspecified atom stereocenters. The van der Waals surface area contributed by atoms with Crippen molar-refractivity contribution < 1.29 is 14.1 Å². The number of nitrogens with zero attached hydrogens (tertiary/aromatic N) is 2. The van der Waals surface area contributed by atoms with Crippen molar-refractivity contribution in [1.82, 2.24) is 10.1 Å². The quantitative estimate of drug-likeness (QED) is 0.846. The number of rotatable bonds is 4. The van der Waals surface area contributed by atoms with E-state index >= 15 is 0 Å². The molecule has 110 valence electrons. The molecule has 1 heterocycles. The second kappa shape index (κ2) is 5.64. The smallest absolute Gasteiger partial charge is 0.237 e. The molecule has 1 atom stereocenters. The number of hydrogen-bond acceptors (Lipinski definition) is 5. The van der Waals surface area contributed by atoms with Crippen molar-refractivity contribution in [2.45, 2.75) is 69.8 Å². The minimum Gasteiger partial charge on any atom is -0.367 e. The number of ether oxygens (including phenoxy) is 1. The molecule has 20 heavy (non-hydrogen) atoms. The van der Waals surface area contributed by atoms with E-state index in [1.807, 2.05) is 6.92 Å². The van der Waals surface area contributed by atoms with Gasteiger partial charge in [0, 0.05) is 13.0 Å². The second-order valence-corrected chi connectivity index (χ2v) is 5.86. The highest BCUT2D eigenvalue weighted by Gasteiger charge is 2.42. The van der Waals surface area contributed by atoms with Crippen LogP contribution in [0.5, 0.6) is 0 Å². The summed E-state index contributed by atoms with van der Waals surface area (Å²) in [6.07, 6.45) is 7.67. The molecule has 0 spiro atoms. The average Bonchev–Trinajstić information content (AvgIpc) is 3.09. The zero-order chi connectivity index (χ0) is 14.0. The fraction of sp³-hybridized carbons (Fsp3) is 0.800. The minimum absolute atomic E-state index is 0.190. The molecular weight excluding hydrogens is 256 g/mol. The summed E-state index contributed by atoms with van der Waals surface area (Å²) in [5.41, 5.74) is -0.381. The van der Waals surface area contributed by atoms with Crippen LogP contribution in [0.15, 0.2) is 4.52 Å². The summed E-state index contributed by atoms with van der Waals surface area (Å²) in [5, 5.41) is 4.14. The third kappa shape index (κ3) is 2.39. The molecule has 2 fully saturated rings. The van der Waals surface area contributed by atoms with Gasteiger partial charge in [-0.2, -0.15) is 4.98 Å². The Morgan fingerprint density at radius 1 is 1.30 bits per heavy atom. The van der Waals surface area contributed by atoms with Crippen LogP contribution in [0.3, 0.4) is 0 Å². The minimum atomic E-state index is -0.381. The van der Waals surface area contributed by atoms with E-state index in [-0.39, 0.29) is 17.3 Å². The third-order valence-electron chi connectivity index (χ3n) is 4.53. The van der Waals surface area contributed by atoms with Gasteiger partial charge in [0.15, 0.2) is 0 Å². The predicted octanol–water partition coefficient (Wildman–Crippen LogP) is 3.10. The first-order chi connectivity index (χ1) is 9.75. The highest BCUT2D eigenvalue weighted by Crippen LogP contribution is 2.41. The zero-order valence-corrected chi connectivity index (χ0v) is 12.1. The number of carbonyl (C=O) groups excluding carboxylic acids is 1. The number of ketones is 1. The molecule has 0 aliphatic heterocycles. The van der Waals surface area contributed by atoms with Crippen LogP contribution in [0.1, 0.15) is 75.9 Å². The highest BCUT2D eigenvalue weighted by molar-refractivity contribution is 5.85. The van der Waals surface area contributed by atoms with Gasteiger partial charge in [-0.05, 0) is 45.4 Å². The maximum atomic E-state index is 12.0. The normalized spacial score (nSPS) is 26.1. The van der Waals surface area contributed by atoms with E-state index < -0.39 is 0 Å². The maximum absolute atomic E-state index is 12.0. The van der Waals surface area contributed by atoms with Crippen molar-refractivity contribution in [3.8, 4) is 0 Å². The Hall–Kier alpha value is -1.23. The lowest BCUT2D eigenvalue weighted by molar-refractivity contribution is -0.122. The third-order valence-corrected chi connectivity index (χ3v) is 4.53. The first kappa shape index (κ1) is 13.7. The van der Waals surface area contributed by atoms with Crippen LogP contribution in [-0.2, 0) is 15.1 Å². The SMILES string of the molecule is CCOC1(c2noc(C3CCCCC3=O)n2)CCCC1. The summed E-state index contributed by atoms with van der Waals surface area (Å²) >= 11 is 0. The molecule has 2 aliphatic carbocycles. The van der Waals surface area contributed by atoms with E-state index in [4.69, 9.17) is 9.26 Å². The summed E-state index contributed by atoms with van der Waals surface area (Å²) in [6.45, 7) is 2.64. The molecule has 0 bridgehead atoms. The van der Waals surface area contributed by atoms with E-state index in [9.17, 15) is 4.79 Å². The molecule has 2 aliphatic rings. The van der Waals surface area contributed by atoms with Crippen LogP contribution in [0.4, 0.5) is 0 Å².